The van der Waals surface area contributed by atoms with Gasteiger partial charge in [-0.25, -0.2) is 28.1 Å². The fourth-order valence-electron chi connectivity index (χ4n) is 4.80. The van der Waals surface area contributed by atoms with Crippen molar-refractivity contribution in [3.63, 3.8) is 0 Å². The van der Waals surface area contributed by atoms with Gasteiger partial charge in [0.2, 0.25) is 11.9 Å². The molecule has 4 heterocycles. The largest absolute Gasteiger partial charge is 0.354 e. The molecule has 2 N–H and O–H groups in total. The molecule has 1 amide bonds. The van der Waals surface area contributed by atoms with Crippen LogP contribution in [-0.2, 0) is 14.8 Å². The Bertz CT molecular complexity index is 1760. The summed E-state index contributed by atoms with van der Waals surface area (Å²) in [6, 6.07) is 21.2. The summed E-state index contributed by atoms with van der Waals surface area (Å²) < 4.78 is 29.5. The van der Waals surface area contributed by atoms with E-state index in [1.165, 1.54) is 24.5 Å². The molecule has 0 saturated carbocycles. The van der Waals surface area contributed by atoms with Crippen LogP contribution in [0.3, 0.4) is 0 Å². The lowest BCUT2D eigenvalue weighted by molar-refractivity contribution is -0.120. The molecule has 12 nitrogen and oxygen atoms in total. The van der Waals surface area contributed by atoms with Crippen LogP contribution >= 0.6 is 0 Å². The van der Waals surface area contributed by atoms with Crippen molar-refractivity contribution >= 4 is 33.4 Å². The Morgan fingerprint density at radius 3 is 2.31 bits per heavy atom. The van der Waals surface area contributed by atoms with E-state index < -0.39 is 10.0 Å². The van der Waals surface area contributed by atoms with Gasteiger partial charge >= 0.3 is 0 Å². The van der Waals surface area contributed by atoms with Gasteiger partial charge < -0.3 is 10.2 Å². The van der Waals surface area contributed by atoms with Crippen LogP contribution in [0.5, 0.6) is 0 Å². The molecule has 0 radical (unpaired) electrons. The third-order valence-corrected chi connectivity index (χ3v) is 8.24. The Hall–Kier alpha value is -5.17. The number of nitrogens with zero attached hydrogens (tertiary/aromatic N) is 7. The number of imidazole rings is 1. The van der Waals surface area contributed by atoms with Crippen LogP contribution in [0.1, 0.15) is 12.8 Å². The fraction of sp³-hybridized carbons (Fsp3) is 0.172. The number of hydrogen-bond acceptors (Lipinski definition) is 9. The lowest BCUT2D eigenvalue weighted by Gasteiger charge is -2.32. The standard InChI is InChI=1S/C29H27N9O3S/c39-28(33-23-9-11-24(12-10-23)42(40,41)36-29-31-15-5-16-32-29)22-8-4-18-37(20-22)25-13-14-26(35-34-25)38-19-17-30-27(38)21-6-2-1-3-7-21/h1-3,5-7,9-17,19,22H,4,8,18,20H2,(H,33,39)(H,31,32,36). The fourth-order valence-corrected chi connectivity index (χ4v) is 5.75. The summed E-state index contributed by atoms with van der Waals surface area (Å²) in [6.45, 7) is 1.26. The van der Waals surface area contributed by atoms with Crippen LogP contribution < -0.4 is 14.9 Å². The number of carbonyl (C=O) groups is 1. The molecule has 0 spiro atoms. The number of rotatable bonds is 8. The Labute approximate surface area is 242 Å². The van der Waals surface area contributed by atoms with Crippen LogP contribution in [0, 0.1) is 5.92 Å². The highest BCUT2D eigenvalue weighted by Gasteiger charge is 2.27. The van der Waals surface area contributed by atoms with E-state index in [1.54, 1.807) is 24.4 Å². The van der Waals surface area contributed by atoms with E-state index in [0.29, 0.717) is 23.9 Å². The average molecular weight is 582 g/mol. The number of hydrogen-bond donors (Lipinski definition) is 2. The van der Waals surface area contributed by atoms with Gasteiger partial charge in [0.25, 0.3) is 10.0 Å². The second-order valence-corrected chi connectivity index (χ2v) is 11.4. The van der Waals surface area contributed by atoms with E-state index in [0.717, 1.165) is 30.8 Å². The summed E-state index contributed by atoms with van der Waals surface area (Å²) in [5.41, 5.74) is 1.48. The maximum Gasteiger partial charge on any atom is 0.264 e. The molecular weight excluding hydrogens is 554 g/mol. The minimum atomic E-state index is -3.86. The Morgan fingerprint density at radius 1 is 0.833 bits per heavy atom. The molecule has 212 valence electrons. The molecule has 42 heavy (non-hydrogen) atoms. The molecule has 1 unspecified atom stereocenters. The number of anilines is 3. The summed E-state index contributed by atoms with van der Waals surface area (Å²) in [6.07, 6.45) is 8.03. The summed E-state index contributed by atoms with van der Waals surface area (Å²) in [5, 5.41) is 11.8. The molecule has 0 aliphatic carbocycles. The molecule has 1 saturated heterocycles. The molecule has 2 aromatic carbocycles. The minimum absolute atomic E-state index is 0.0188. The summed E-state index contributed by atoms with van der Waals surface area (Å²) in [4.78, 5) is 27.4. The smallest absolute Gasteiger partial charge is 0.264 e. The average Bonchev–Trinajstić information content (AvgIpc) is 3.52. The first-order valence-electron chi connectivity index (χ1n) is 13.3. The number of benzene rings is 2. The van der Waals surface area contributed by atoms with Crippen molar-refractivity contribution in [2.24, 2.45) is 5.92 Å². The second kappa shape index (κ2) is 11.7. The van der Waals surface area contributed by atoms with Gasteiger partial charge in [0, 0.05) is 49.1 Å². The third kappa shape index (κ3) is 5.95. The topological polar surface area (TPSA) is 148 Å². The highest BCUT2D eigenvalue weighted by molar-refractivity contribution is 7.92. The second-order valence-electron chi connectivity index (χ2n) is 9.71. The zero-order valence-electron chi connectivity index (χ0n) is 22.4. The number of sulfonamides is 1. The number of aromatic nitrogens is 6. The van der Waals surface area contributed by atoms with Crippen molar-refractivity contribution in [3.05, 3.63) is 97.6 Å². The van der Waals surface area contributed by atoms with Crippen molar-refractivity contribution in [3.8, 4) is 17.2 Å². The van der Waals surface area contributed by atoms with Crippen molar-refractivity contribution in [2.75, 3.05) is 28.0 Å². The number of carbonyl (C=O) groups excluding carboxylic acids is 1. The molecule has 1 fully saturated rings. The van der Waals surface area contributed by atoms with Crippen LogP contribution in [-0.4, -0.2) is 57.1 Å². The van der Waals surface area contributed by atoms with E-state index in [2.05, 4.69) is 40.1 Å². The lowest BCUT2D eigenvalue weighted by Crippen LogP contribution is -2.41. The molecule has 6 rings (SSSR count). The lowest BCUT2D eigenvalue weighted by atomic mass is 9.97. The van der Waals surface area contributed by atoms with Gasteiger partial charge in [-0.2, -0.15) is 0 Å². The van der Waals surface area contributed by atoms with Gasteiger partial charge in [-0.3, -0.25) is 9.36 Å². The normalized spacial score (nSPS) is 15.2. The maximum absolute atomic E-state index is 13.1. The first kappa shape index (κ1) is 27.0. The zero-order chi connectivity index (χ0) is 28.9. The van der Waals surface area contributed by atoms with E-state index in [-0.39, 0.29) is 22.7 Å². The molecule has 3 aromatic heterocycles. The van der Waals surface area contributed by atoms with Gasteiger partial charge in [0.05, 0.1) is 10.8 Å². The van der Waals surface area contributed by atoms with Gasteiger partial charge in [0.1, 0.15) is 5.82 Å². The molecule has 1 aliphatic rings. The van der Waals surface area contributed by atoms with Crippen LogP contribution in [0.25, 0.3) is 17.2 Å². The number of nitrogens with one attached hydrogen (secondary N) is 2. The first-order chi connectivity index (χ1) is 20.5. The van der Waals surface area contributed by atoms with E-state index in [1.807, 2.05) is 53.2 Å². The summed E-state index contributed by atoms with van der Waals surface area (Å²) >= 11 is 0. The molecule has 5 aromatic rings. The Kier molecular flexibility index (Phi) is 7.56. The first-order valence-corrected chi connectivity index (χ1v) is 14.8. The van der Waals surface area contributed by atoms with Crippen molar-refractivity contribution in [2.45, 2.75) is 17.7 Å². The monoisotopic (exact) mass is 581 g/mol. The predicted molar refractivity (Wildman–Crippen MR) is 157 cm³/mol. The van der Waals surface area contributed by atoms with Gasteiger partial charge in [0.15, 0.2) is 11.6 Å². The van der Waals surface area contributed by atoms with Gasteiger partial charge in [-0.1, -0.05) is 30.3 Å². The van der Waals surface area contributed by atoms with Crippen LogP contribution in [0.4, 0.5) is 17.5 Å². The molecule has 13 heteroatoms. The highest BCUT2D eigenvalue weighted by Crippen LogP contribution is 2.25. The van der Waals surface area contributed by atoms with Gasteiger partial charge in [-0.15, -0.1) is 10.2 Å². The number of amides is 1. The zero-order valence-corrected chi connectivity index (χ0v) is 23.2. The van der Waals surface area contributed by atoms with Crippen LogP contribution in [0.2, 0.25) is 0 Å². The van der Waals surface area contributed by atoms with E-state index in [9.17, 15) is 13.2 Å². The Balaban J connectivity index is 1.09. The van der Waals surface area contributed by atoms with Crippen LogP contribution in [0.15, 0.2) is 102 Å². The number of piperidine rings is 1. The predicted octanol–water partition coefficient (Wildman–Crippen LogP) is 3.78. The Morgan fingerprint density at radius 2 is 1.57 bits per heavy atom. The third-order valence-electron chi connectivity index (χ3n) is 6.90. The summed E-state index contributed by atoms with van der Waals surface area (Å²) in [7, 11) is -3.86. The van der Waals surface area contributed by atoms with Crippen molar-refractivity contribution in [1.82, 2.24) is 29.7 Å². The van der Waals surface area contributed by atoms with E-state index >= 15 is 0 Å². The van der Waals surface area contributed by atoms with E-state index in [4.69, 9.17) is 0 Å². The minimum Gasteiger partial charge on any atom is -0.354 e. The van der Waals surface area contributed by atoms with Crippen molar-refractivity contribution < 1.29 is 13.2 Å². The summed E-state index contributed by atoms with van der Waals surface area (Å²) in [5.74, 6) is 1.70. The molecule has 1 aliphatic heterocycles. The maximum atomic E-state index is 13.1. The highest BCUT2D eigenvalue weighted by atomic mass is 32.2. The van der Waals surface area contributed by atoms with Gasteiger partial charge in [-0.05, 0) is 55.3 Å². The molecule has 1 atom stereocenters. The molecular formula is C29H27N9O3S. The quantitative estimate of drug-likeness (QED) is 0.279. The molecule has 0 bridgehead atoms. The van der Waals surface area contributed by atoms with Crippen molar-refractivity contribution in [1.29, 1.82) is 0 Å². The SMILES string of the molecule is O=C(Nc1ccc(S(=O)(=O)Nc2ncccn2)cc1)C1CCCN(c2ccc(-n3ccnc3-c3ccccc3)nn2)C1.